The lowest BCUT2D eigenvalue weighted by molar-refractivity contribution is 1.01. The minimum Gasteiger partial charge on any atom is -0.399 e. The Morgan fingerprint density at radius 2 is 2.23 bits per heavy atom. The second-order valence-electron chi connectivity index (χ2n) is 3.00. The Balaban J connectivity index is 2.53. The van der Waals surface area contributed by atoms with Crippen LogP contribution in [0.15, 0.2) is 36.8 Å². The van der Waals surface area contributed by atoms with Crippen molar-refractivity contribution in [3.05, 3.63) is 42.5 Å². The second-order valence-corrected chi connectivity index (χ2v) is 3.00. The molecular formula is C10H11N3. The molecule has 3 heteroatoms. The second kappa shape index (κ2) is 2.94. The minimum atomic E-state index is 0.769. The first-order valence-electron chi connectivity index (χ1n) is 4.12. The predicted octanol–water partition coefficient (Wildman–Crippen LogP) is 1.76. The molecule has 0 spiro atoms. The van der Waals surface area contributed by atoms with Crippen LogP contribution in [0.25, 0.3) is 5.69 Å². The molecule has 0 unspecified atom stereocenters. The monoisotopic (exact) mass is 173 g/mol. The lowest BCUT2D eigenvalue weighted by atomic mass is 10.3. The highest BCUT2D eigenvalue weighted by Gasteiger charge is 1.98. The summed E-state index contributed by atoms with van der Waals surface area (Å²) in [5, 5.41) is 0. The molecule has 2 N–H and O–H groups in total. The minimum absolute atomic E-state index is 0.769. The van der Waals surface area contributed by atoms with Gasteiger partial charge in [-0.15, -0.1) is 0 Å². The molecule has 0 radical (unpaired) electrons. The van der Waals surface area contributed by atoms with E-state index >= 15 is 0 Å². The fraction of sp³-hybridized carbons (Fsp3) is 0.100. The van der Waals surface area contributed by atoms with Crippen LogP contribution >= 0.6 is 0 Å². The van der Waals surface area contributed by atoms with E-state index in [2.05, 4.69) is 4.98 Å². The number of aromatic nitrogens is 2. The number of nitrogens with zero attached hydrogens (tertiary/aromatic N) is 2. The van der Waals surface area contributed by atoms with Crippen LogP contribution in [0.2, 0.25) is 0 Å². The smallest absolute Gasteiger partial charge is 0.0994 e. The zero-order valence-corrected chi connectivity index (χ0v) is 7.44. The molecule has 1 heterocycles. The first-order chi connectivity index (χ1) is 6.27. The number of aryl methyl sites for hydroxylation is 1. The number of rotatable bonds is 1. The van der Waals surface area contributed by atoms with Crippen LogP contribution < -0.4 is 5.73 Å². The SMILES string of the molecule is Cc1cncn1-c1cccc(N)c1. The van der Waals surface area contributed by atoms with Crippen molar-refractivity contribution in [3.63, 3.8) is 0 Å². The van der Waals surface area contributed by atoms with Crippen molar-refractivity contribution in [1.29, 1.82) is 0 Å². The largest absolute Gasteiger partial charge is 0.399 e. The summed E-state index contributed by atoms with van der Waals surface area (Å²) < 4.78 is 2.00. The first-order valence-corrected chi connectivity index (χ1v) is 4.12. The van der Waals surface area contributed by atoms with E-state index in [1.165, 1.54) is 0 Å². The molecule has 13 heavy (non-hydrogen) atoms. The van der Waals surface area contributed by atoms with Crippen LogP contribution in [0.5, 0.6) is 0 Å². The molecule has 66 valence electrons. The molecule has 0 fully saturated rings. The summed E-state index contributed by atoms with van der Waals surface area (Å²) in [5.41, 5.74) is 8.60. The number of hydrogen-bond acceptors (Lipinski definition) is 2. The Morgan fingerprint density at radius 1 is 1.38 bits per heavy atom. The third kappa shape index (κ3) is 1.40. The quantitative estimate of drug-likeness (QED) is 0.668. The summed E-state index contributed by atoms with van der Waals surface area (Å²) in [6, 6.07) is 7.74. The molecule has 0 saturated carbocycles. The molecule has 2 rings (SSSR count). The summed E-state index contributed by atoms with van der Waals surface area (Å²) in [4.78, 5) is 4.05. The number of nitrogens with two attached hydrogens (primary N) is 1. The summed E-state index contributed by atoms with van der Waals surface area (Å²) >= 11 is 0. The van der Waals surface area contributed by atoms with Gasteiger partial charge in [0.05, 0.1) is 6.33 Å². The van der Waals surface area contributed by atoms with Crippen molar-refractivity contribution < 1.29 is 0 Å². The average Bonchev–Trinajstić information content (AvgIpc) is 2.51. The predicted molar refractivity (Wildman–Crippen MR) is 52.7 cm³/mol. The van der Waals surface area contributed by atoms with Gasteiger partial charge in [0, 0.05) is 23.3 Å². The Bertz CT molecular complexity index is 418. The molecule has 1 aromatic carbocycles. The van der Waals surface area contributed by atoms with E-state index in [4.69, 9.17) is 5.73 Å². The maximum atomic E-state index is 5.68. The van der Waals surface area contributed by atoms with Gasteiger partial charge in [0.15, 0.2) is 0 Å². The van der Waals surface area contributed by atoms with Crippen molar-refractivity contribution in [2.75, 3.05) is 5.73 Å². The van der Waals surface area contributed by atoms with Crippen LogP contribution in [0.3, 0.4) is 0 Å². The van der Waals surface area contributed by atoms with Crippen molar-refractivity contribution in [2.24, 2.45) is 0 Å². The van der Waals surface area contributed by atoms with Gasteiger partial charge in [-0.2, -0.15) is 0 Å². The molecule has 0 aliphatic heterocycles. The normalized spacial score (nSPS) is 10.2. The Morgan fingerprint density at radius 3 is 2.85 bits per heavy atom. The topological polar surface area (TPSA) is 43.8 Å². The number of anilines is 1. The summed E-state index contributed by atoms with van der Waals surface area (Å²) in [5.74, 6) is 0. The number of imidazole rings is 1. The van der Waals surface area contributed by atoms with Gasteiger partial charge in [-0.05, 0) is 25.1 Å². The highest BCUT2D eigenvalue weighted by Crippen LogP contribution is 2.13. The summed E-state index contributed by atoms with van der Waals surface area (Å²) in [7, 11) is 0. The van der Waals surface area contributed by atoms with Crippen LogP contribution in [0.1, 0.15) is 5.69 Å². The number of hydrogen-bond donors (Lipinski definition) is 1. The maximum absolute atomic E-state index is 5.68. The molecule has 0 atom stereocenters. The van der Waals surface area contributed by atoms with E-state index in [9.17, 15) is 0 Å². The zero-order valence-electron chi connectivity index (χ0n) is 7.44. The van der Waals surface area contributed by atoms with Gasteiger partial charge in [-0.3, -0.25) is 0 Å². The standard InChI is InChI=1S/C10H11N3/c1-8-6-12-7-13(8)10-4-2-3-9(11)5-10/h2-7H,11H2,1H3. The average molecular weight is 173 g/mol. The van der Waals surface area contributed by atoms with Crippen LogP contribution in [0.4, 0.5) is 5.69 Å². The third-order valence-corrected chi connectivity index (χ3v) is 1.97. The van der Waals surface area contributed by atoms with Crippen LogP contribution in [-0.4, -0.2) is 9.55 Å². The molecule has 3 nitrogen and oxygen atoms in total. The fourth-order valence-corrected chi connectivity index (χ4v) is 1.31. The van der Waals surface area contributed by atoms with E-state index in [-0.39, 0.29) is 0 Å². The Labute approximate surface area is 76.8 Å². The lowest BCUT2D eigenvalue weighted by Gasteiger charge is -2.04. The van der Waals surface area contributed by atoms with Crippen molar-refractivity contribution in [1.82, 2.24) is 9.55 Å². The molecule has 0 aliphatic rings. The molecular weight excluding hydrogens is 162 g/mol. The van der Waals surface area contributed by atoms with E-state index in [0.717, 1.165) is 17.1 Å². The van der Waals surface area contributed by atoms with Gasteiger partial charge in [-0.1, -0.05) is 6.07 Å². The van der Waals surface area contributed by atoms with Gasteiger partial charge in [0.25, 0.3) is 0 Å². The highest BCUT2D eigenvalue weighted by molar-refractivity contribution is 5.47. The van der Waals surface area contributed by atoms with Crippen LogP contribution in [0, 0.1) is 6.92 Å². The summed E-state index contributed by atoms with van der Waals surface area (Å²) in [6.45, 7) is 2.01. The maximum Gasteiger partial charge on any atom is 0.0994 e. The van der Waals surface area contributed by atoms with E-state index in [1.807, 2.05) is 42.0 Å². The van der Waals surface area contributed by atoms with E-state index in [0.29, 0.717) is 0 Å². The van der Waals surface area contributed by atoms with Crippen molar-refractivity contribution in [2.45, 2.75) is 6.92 Å². The third-order valence-electron chi connectivity index (χ3n) is 1.97. The fourth-order valence-electron chi connectivity index (χ4n) is 1.31. The van der Waals surface area contributed by atoms with Gasteiger partial charge < -0.3 is 10.3 Å². The lowest BCUT2D eigenvalue weighted by Crippen LogP contribution is -1.95. The first kappa shape index (κ1) is 7.86. The van der Waals surface area contributed by atoms with Crippen molar-refractivity contribution in [3.8, 4) is 5.69 Å². The van der Waals surface area contributed by atoms with Crippen LogP contribution in [-0.2, 0) is 0 Å². The Hall–Kier alpha value is -1.77. The number of benzene rings is 1. The molecule has 0 bridgehead atoms. The summed E-state index contributed by atoms with van der Waals surface area (Å²) in [6.07, 6.45) is 3.60. The molecule has 0 saturated heterocycles. The van der Waals surface area contributed by atoms with Gasteiger partial charge >= 0.3 is 0 Å². The number of nitrogen functional groups attached to an aromatic ring is 1. The zero-order chi connectivity index (χ0) is 9.26. The molecule has 0 amide bonds. The highest BCUT2D eigenvalue weighted by atomic mass is 15.0. The van der Waals surface area contributed by atoms with E-state index in [1.54, 1.807) is 6.33 Å². The van der Waals surface area contributed by atoms with E-state index < -0.39 is 0 Å². The van der Waals surface area contributed by atoms with Crippen molar-refractivity contribution >= 4 is 5.69 Å². The van der Waals surface area contributed by atoms with Gasteiger partial charge in [-0.25, -0.2) is 4.98 Å². The molecule has 0 aliphatic carbocycles. The molecule has 2 aromatic rings. The Kier molecular flexibility index (Phi) is 1.77. The van der Waals surface area contributed by atoms with Gasteiger partial charge in [0.2, 0.25) is 0 Å². The van der Waals surface area contributed by atoms with Gasteiger partial charge in [0.1, 0.15) is 0 Å². The molecule has 1 aromatic heterocycles.